The number of nitrogens with one attached hydrogen (secondary N) is 2. The van der Waals surface area contributed by atoms with Gasteiger partial charge in [0.05, 0.1) is 4.92 Å². The summed E-state index contributed by atoms with van der Waals surface area (Å²) in [5.41, 5.74) is 1.34. The Kier molecular flexibility index (Phi) is 6.36. The van der Waals surface area contributed by atoms with Gasteiger partial charge in [-0.05, 0) is 36.4 Å². The van der Waals surface area contributed by atoms with Crippen molar-refractivity contribution in [3.63, 3.8) is 0 Å². The van der Waals surface area contributed by atoms with E-state index in [1.54, 1.807) is 18.2 Å². The molecule has 0 heterocycles. The molecule has 27 heavy (non-hydrogen) atoms. The second-order valence-electron chi connectivity index (χ2n) is 5.63. The summed E-state index contributed by atoms with van der Waals surface area (Å²) in [6.45, 7) is 0. The molecular formula is C18H16ClN5O3. The second-order valence-corrected chi connectivity index (χ2v) is 6.04. The van der Waals surface area contributed by atoms with Crippen LogP contribution < -0.4 is 15.5 Å². The van der Waals surface area contributed by atoms with Gasteiger partial charge in [-0.1, -0.05) is 11.6 Å². The van der Waals surface area contributed by atoms with Gasteiger partial charge in [-0.15, -0.1) is 0 Å². The largest absolute Gasteiger partial charge is 0.378 e. The van der Waals surface area contributed by atoms with Crippen molar-refractivity contribution in [3.8, 4) is 6.07 Å². The highest BCUT2D eigenvalue weighted by atomic mass is 35.5. The normalized spacial score (nSPS) is 10.7. The van der Waals surface area contributed by atoms with Crippen molar-refractivity contribution in [1.82, 2.24) is 0 Å². The van der Waals surface area contributed by atoms with Gasteiger partial charge in [0.1, 0.15) is 16.7 Å². The van der Waals surface area contributed by atoms with Crippen LogP contribution in [0.5, 0.6) is 0 Å². The lowest BCUT2D eigenvalue weighted by atomic mass is 10.2. The Morgan fingerprint density at radius 1 is 1.22 bits per heavy atom. The Morgan fingerprint density at radius 2 is 1.85 bits per heavy atom. The van der Waals surface area contributed by atoms with Crippen LogP contribution >= 0.6 is 11.6 Å². The number of hydrogen-bond donors (Lipinski definition) is 2. The summed E-state index contributed by atoms with van der Waals surface area (Å²) in [4.78, 5) is 24.4. The van der Waals surface area contributed by atoms with Crippen LogP contribution in [0.2, 0.25) is 5.02 Å². The summed E-state index contributed by atoms with van der Waals surface area (Å²) >= 11 is 5.73. The van der Waals surface area contributed by atoms with Crippen molar-refractivity contribution >= 4 is 40.3 Å². The molecule has 2 aromatic rings. The van der Waals surface area contributed by atoms with Crippen molar-refractivity contribution in [2.75, 3.05) is 29.6 Å². The fraction of sp³-hybridized carbons (Fsp3) is 0.111. The first-order chi connectivity index (χ1) is 12.8. The molecule has 2 N–H and O–H groups in total. The lowest BCUT2D eigenvalue weighted by Gasteiger charge is -2.12. The molecule has 0 radical (unpaired) electrons. The number of rotatable bonds is 6. The van der Waals surface area contributed by atoms with Gasteiger partial charge in [-0.25, -0.2) is 0 Å². The van der Waals surface area contributed by atoms with Gasteiger partial charge < -0.3 is 15.5 Å². The molecule has 138 valence electrons. The molecule has 1 amide bonds. The zero-order chi connectivity index (χ0) is 20.0. The van der Waals surface area contributed by atoms with E-state index in [2.05, 4.69) is 10.6 Å². The van der Waals surface area contributed by atoms with Gasteiger partial charge in [0, 0.05) is 43.4 Å². The highest BCUT2D eigenvalue weighted by Gasteiger charge is 2.15. The molecule has 0 fully saturated rings. The average Bonchev–Trinajstić information content (AvgIpc) is 2.64. The molecule has 0 aromatic heterocycles. The molecule has 0 saturated carbocycles. The smallest absolute Gasteiger partial charge is 0.289 e. The molecule has 0 unspecified atom stereocenters. The van der Waals surface area contributed by atoms with Crippen LogP contribution in [0.1, 0.15) is 0 Å². The maximum atomic E-state index is 12.2. The van der Waals surface area contributed by atoms with Gasteiger partial charge in [0.2, 0.25) is 0 Å². The number of nitrogens with zero attached hydrogens (tertiary/aromatic N) is 3. The van der Waals surface area contributed by atoms with Crippen molar-refractivity contribution < 1.29 is 9.72 Å². The number of anilines is 3. The average molecular weight is 386 g/mol. The molecule has 2 aromatic carbocycles. The Balaban J connectivity index is 2.11. The number of nitriles is 1. The minimum absolute atomic E-state index is 0.0446. The third-order valence-corrected chi connectivity index (χ3v) is 3.85. The van der Waals surface area contributed by atoms with Gasteiger partial charge >= 0.3 is 0 Å². The van der Waals surface area contributed by atoms with E-state index in [-0.39, 0.29) is 22.0 Å². The summed E-state index contributed by atoms with van der Waals surface area (Å²) in [6.07, 6.45) is 1.27. The fourth-order valence-electron chi connectivity index (χ4n) is 2.09. The second kappa shape index (κ2) is 8.69. The van der Waals surface area contributed by atoms with E-state index in [4.69, 9.17) is 11.6 Å². The van der Waals surface area contributed by atoms with E-state index < -0.39 is 10.8 Å². The third-order valence-electron chi connectivity index (χ3n) is 3.53. The van der Waals surface area contributed by atoms with E-state index >= 15 is 0 Å². The summed E-state index contributed by atoms with van der Waals surface area (Å²) in [5.74, 6) is -0.702. The molecule has 0 atom stereocenters. The molecular weight excluding hydrogens is 370 g/mol. The highest BCUT2D eigenvalue weighted by Crippen LogP contribution is 2.27. The number of hydrogen-bond acceptors (Lipinski definition) is 6. The standard InChI is InChI=1S/C18H16ClN5O3/c1-23(2)15-6-3-13(4-7-15)21-11-12(10-20)18(25)22-14-5-8-16(19)17(9-14)24(26)27/h3-9,11,21H,1-2H3,(H,22,25)/b12-11-. The first-order valence-electron chi connectivity index (χ1n) is 7.71. The van der Waals surface area contributed by atoms with E-state index in [0.29, 0.717) is 5.69 Å². The van der Waals surface area contributed by atoms with Crippen LogP contribution in [0.15, 0.2) is 54.2 Å². The molecule has 0 spiro atoms. The van der Waals surface area contributed by atoms with Crippen molar-refractivity contribution in [1.29, 1.82) is 5.26 Å². The zero-order valence-electron chi connectivity index (χ0n) is 14.6. The SMILES string of the molecule is CN(C)c1ccc(N/C=C(/C#N)C(=O)Nc2ccc(Cl)c([N+](=O)[O-])c2)cc1. The van der Waals surface area contributed by atoms with Crippen LogP contribution in [-0.4, -0.2) is 24.9 Å². The Morgan fingerprint density at radius 3 is 2.41 bits per heavy atom. The van der Waals surface area contributed by atoms with Crippen molar-refractivity contribution in [2.24, 2.45) is 0 Å². The van der Waals surface area contributed by atoms with Crippen molar-refractivity contribution in [3.05, 3.63) is 69.4 Å². The quantitative estimate of drug-likeness (QED) is 0.339. The minimum atomic E-state index is -0.702. The summed E-state index contributed by atoms with van der Waals surface area (Å²) in [6, 6.07) is 13.0. The molecule has 8 nitrogen and oxygen atoms in total. The fourth-order valence-corrected chi connectivity index (χ4v) is 2.28. The predicted octanol–water partition coefficient (Wildman–Crippen LogP) is 3.77. The Bertz CT molecular complexity index is 933. The molecule has 0 aliphatic rings. The first kappa shape index (κ1) is 19.8. The third kappa shape index (κ3) is 5.20. The van der Waals surface area contributed by atoms with Gasteiger partial charge in [0.15, 0.2) is 0 Å². The maximum Gasteiger partial charge on any atom is 0.289 e. The van der Waals surface area contributed by atoms with Crippen LogP contribution in [0.3, 0.4) is 0 Å². The van der Waals surface area contributed by atoms with Gasteiger partial charge in [0.25, 0.3) is 11.6 Å². The zero-order valence-corrected chi connectivity index (χ0v) is 15.3. The van der Waals surface area contributed by atoms with Crippen LogP contribution in [0.4, 0.5) is 22.7 Å². The van der Waals surface area contributed by atoms with Gasteiger partial charge in [-0.3, -0.25) is 14.9 Å². The molecule has 2 rings (SSSR count). The number of nitro groups is 1. The predicted molar refractivity (Wildman–Crippen MR) is 105 cm³/mol. The Hall–Kier alpha value is -3.57. The summed E-state index contributed by atoms with van der Waals surface area (Å²) < 4.78 is 0. The number of amides is 1. The van der Waals surface area contributed by atoms with E-state index in [9.17, 15) is 20.2 Å². The summed E-state index contributed by atoms with van der Waals surface area (Å²) in [5, 5.41) is 25.4. The number of halogens is 1. The lowest BCUT2D eigenvalue weighted by molar-refractivity contribution is -0.384. The Labute approximate surface area is 160 Å². The van der Waals surface area contributed by atoms with E-state index in [1.165, 1.54) is 18.3 Å². The van der Waals surface area contributed by atoms with E-state index in [1.807, 2.05) is 31.1 Å². The molecule has 0 aliphatic heterocycles. The van der Waals surface area contributed by atoms with Crippen LogP contribution in [0.25, 0.3) is 0 Å². The molecule has 0 aliphatic carbocycles. The van der Waals surface area contributed by atoms with Crippen molar-refractivity contribution in [2.45, 2.75) is 0 Å². The minimum Gasteiger partial charge on any atom is -0.378 e. The van der Waals surface area contributed by atoms with Gasteiger partial charge in [-0.2, -0.15) is 5.26 Å². The monoisotopic (exact) mass is 385 g/mol. The number of carbonyl (C=O) groups excluding carboxylic acids is 1. The molecule has 9 heteroatoms. The number of carbonyl (C=O) groups is 1. The van der Waals surface area contributed by atoms with E-state index in [0.717, 1.165) is 11.8 Å². The lowest BCUT2D eigenvalue weighted by Crippen LogP contribution is -2.14. The highest BCUT2D eigenvalue weighted by molar-refractivity contribution is 6.32. The van der Waals surface area contributed by atoms with Crippen LogP contribution in [-0.2, 0) is 4.79 Å². The molecule has 0 saturated heterocycles. The maximum absolute atomic E-state index is 12.2. The van der Waals surface area contributed by atoms with Crippen LogP contribution in [0, 0.1) is 21.4 Å². The first-order valence-corrected chi connectivity index (χ1v) is 8.09. The summed E-state index contributed by atoms with van der Waals surface area (Å²) in [7, 11) is 3.84. The number of benzene rings is 2. The number of nitro benzene ring substituents is 1. The molecule has 0 bridgehead atoms. The topological polar surface area (TPSA) is 111 Å².